The number of aliphatic hydroxyl groups is 2. The van der Waals surface area contributed by atoms with Gasteiger partial charge in [0.1, 0.15) is 0 Å². The molecule has 0 fully saturated rings. The zero-order chi connectivity index (χ0) is 10.8. The monoisotopic (exact) mass is 203 g/mol. The Morgan fingerprint density at radius 1 is 0.857 bits per heavy atom. The van der Waals surface area contributed by atoms with Crippen molar-refractivity contribution < 1.29 is 10.2 Å². The third-order valence-corrected chi connectivity index (χ3v) is 2.44. The van der Waals surface area contributed by atoms with Crippen molar-refractivity contribution in [3.05, 3.63) is 0 Å². The van der Waals surface area contributed by atoms with Crippen LogP contribution in [0, 0.1) is 0 Å². The van der Waals surface area contributed by atoms with Crippen LogP contribution in [0.3, 0.4) is 0 Å². The van der Waals surface area contributed by atoms with Gasteiger partial charge in [0.2, 0.25) is 0 Å². The molecular weight excluding hydrogens is 178 g/mol. The lowest BCUT2D eigenvalue weighted by Gasteiger charge is -2.26. The van der Waals surface area contributed by atoms with Crippen LogP contribution in [0.4, 0.5) is 0 Å². The molecule has 0 atom stereocenters. The normalized spacial score (nSPS) is 11.6. The van der Waals surface area contributed by atoms with Gasteiger partial charge in [-0.05, 0) is 46.1 Å². The summed E-state index contributed by atoms with van der Waals surface area (Å²) in [6, 6.07) is 0.552. The fraction of sp³-hybridized carbons (Fsp3) is 1.00. The second-order valence-electron chi connectivity index (χ2n) is 3.99. The minimum atomic E-state index is 0.278. The molecule has 3 nitrogen and oxygen atoms in total. The Hall–Kier alpha value is -0.120. The van der Waals surface area contributed by atoms with Gasteiger partial charge in [0.25, 0.3) is 0 Å². The number of unbranched alkanes of at least 4 members (excludes halogenated alkanes) is 2. The van der Waals surface area contributed by atoms with E-state index in [1.807, 2.05) is 0 Å². The fourth-order valence-electron chi connectivity index (χ4n) is 1.51. The highest BCUT2D eigenvalue weighted by Gasteiger charge is 2.07. The van der Waals surface area contributed by atoms with Crippen LogP contribution in [0.25, 0.3) is 0 Å². The summed E-state index contributed by atoms with van der Waals surface area (Å²) >= 11 is 0. The Kier molecular flexibility index (Phi) is 9.35. The molecule has 0 radical (unpaired) electrons. The van der Waals surface area contributed by atoms with Gasteiger partial charge in [0, 0.05) is 25.8 Å². The van der Waals surface area contributed by atoms with Crippen LogP contribution >= 0.6 is 0 Å². The molecule has 0 amide bonds. The predicted octanol–water partition coefficient (Wildman–Crippen LogP) is 1.24. The van der Waals surface area contributed by atoms with Gasteiger partial charge in [0.15, 0.2) is 0 Å². The van der Waals surface area contributed by atoms with E-state index in [0.717, 1.165) is 38.8 Å². The maximum atomic E-state index is 8.75. The molecule has 0 saturated heterocycles. The smallest absolute Gasteiger partial charge is 0.0443 e. The average Bonchev–Trinajstić information content (AvgIpc) is 2.16. The fourth-order valence-corrected chi connectivity index (χ4v) is 1.51. The van der Waals surface area contributed by atoms with E-state index in [9.17, 15) is 0 Å². The predicted molar refractivity (Wildman–Crippen MR) is 59.3 cm³/mol. The molecule has 3 heteroatoms. The molecule has 0 unspecified atom stereocenters. The molecule has 0 aliphatic heterocycles. The summed E-state index contributed by atoms with van der Waals surface area (Å²) in [5.41, 5.74) is 0. The molecule has 0 aromatic rings. The van der Waals surface area contributed by atoms with E-state index >= 15 is 0 Å². The first-order chi connectivity index (χ1) is 6.72. The second-order valence-corrected chi connectivity index (χ2v) is 3.99. The number of hydrogen-bond donors (Lipinski definition) is 2. The molecule has 0 heterocycles. The molecule has 0 aliphatic rings. The highest BCUT2D eigenvalue weighted by Crippen LogP contribution is 2.04. The van der Waals surface area contributed by atoms with Crippen molar-refractivity contribution in [1.29, 1.82) is 0 Å². The minimum absolute atomic E-state index is 0.278. The van der Waals surface area contributed by atoms with Gasteiger partial charge >= 0.3 is 0 Å². The van der Waals surface area contributed by atoms with Crippen molar-refractivity contribution in [3.63, 3.8) is 0 Å². The molecular formula is C11H25NO2. The summed E-state index contributed by atoms with van der Waals surface area (Å²) in [7, 11) is 0. The van der Waals surface area contributed by atoms with Gasteiger partial charge in [-0.2, -0.15) is 0 Å². The Morgan fingerprint density at radius 2 is 1.43 bits per heavy atom. The Bertz CT molecular complexity index is 118. The van der Waals surface area contributed by atoms with Crippen molar-refractivity contribution in [1.82, 2.24) is 4.90 Å². The zero-order valence-corrected chi connectivity index (χ0v) is 9.58. The largest absolute Gasteiger partial charge is 0.396 e. The van der Waals surface area contributed by atoms with E-state index in [1.165, 1.54) is 0 Å². The highest BCUT2D eigenvalue weighted by atomic mass is 16.3. The first-order valence-corrected chi connectivity index (χ1v) is 5.68. The first-order valence-electron chi connectivity index (χ1n) is 5.68. The minimum Gasteiger partial charge on any atom is -0.396 e. The maximum absolute atomic E-state index is 8.75. The molecule has 0 bridgehead atoms. The Morgan fingerprint density at radius 3 is 1.93 bits per heavy atom. The van der Waals surface area contributed by atoms with E-state index < -0.39 is 0 Å². The van der Waals surface area contributed by atoms with Crippen molar-refractivity contribution in [2.24, 2.45) is 0 Å². The summed E-state index contributed by atoms with van der Waals surface area (Å²) in [4.78, 5) is 2.38. The lowest BCUT2D eigenvalue weighted by Crippen LogP contribution is -2.33. The Balaban J connectivity index is 3.52. The summed E-state index contributed by atoms with van der Waals surface area (Å²) in [6.07, 6.45) is 4.01. The highest BCUT2D eigenvalue weighted by molar-refractivity contribution is 4.62. The summed E-state index contributed by atoms with van der Waals surface area (Å²) in [5, 5.41) is 17.4. The van der Waals surface area contributed by atoms with Crippen molar-refractivity contribution >= 4 is 0 Å². The molecule has 0 spiro atoms. The number of hydrogen-bond acceptors (Lipinski definition) is 3. The van der Waals surface area contributed by atoms with Crippen LogP contribution in [0.5, 0.6) is 0 Å². The number of aliphatic hydroxyl groups excluding tert-OH is 2. The quantitative estimate of drug-likeness (QED) is 0.554. The summed E-state index contributed by atoms with van der Waals surface area (Å²) < 4.78 is 0. The average molecular weight is 203 g/mol. The van der Waals surface area contributed by atoms with E-state index in [1.54, 1.807) is 0 Å². The van der Waals surface area contributed by atoms with E-state index in [2.05, 4.69) is 18.7 Å². The zero-order valence-electron chi connectivity index (χ0n) is 9.58. The van der Waals surface area contributed by atoms with Gasteiger partial charge in [-0.25, -0.2) is 0 Å². The molecule has 14 heavy (non-hydrogen) atoms. The van der Waals surface area contributed by atoms with Crippen LogP contribution in [0.15, 0.2) is 0 Å². The van der Waals surface area contributed by atoms with Gasteiger partial charge in [-0.15, -0.1) is 0 Å². The third kappa shape index (κ3) is 7.30. The standard InChI is InChI=1S/C11H25NO2/c1-11(2)12(8-6-10-14)7-4-3-5-9-13/h11,13-14H,3-10H2,1-2H3. The lowest BCUT2D eigenvalue weighted by molar-refractivity contribution is 0.186. The molecule has 0 aliphatic carbocycles. The molecule has 0 aromatic heterocycles. The van der Waals surface area contributed by atoms with Crippen LogP contribution in [0.2, 0.25) is 0 Å². The SMILES string of the molecule is CC(C)N(CCCO)CCCCCO. The molecule has 2 N–H and O–H groups in total. The van der Waals surface area contributed by atoms with Gasteiger partial charge in [0.05, 0.1) is 0 Å². The number of rotatable bonds is 9. The van der Waals surface area contributed by atoms with E-state index in [4.69, 9.17) is 10.2 Å². The van der Waals surface area contributed by atoms with Crippen LogP contribution in [-0.4, -0.2) is 47.5 Å². The topological polar surface area (TPSA) is 43.7 Å². The second kappa shape index (κ2) is 9.44. The van der Waals surface area contributed by atoms with E-state index in [-0.39, 0.29) is 6.61 Å². The molecule has 0 rings (SSSR count). The van der Waals surface area contributed by atoms with Gasteiger partial charge < -0.3 is 15.1 Å². The first kappa shape index (κ1) is 13.9. The van der Waals surface area contributed by atoms with Crippen molar-refractivity contribution in [2.45, 2.75) is 45.6 Å². The lowest BCUT2D eigenvalue weighted by atomic mass is 10.2. The van der Waals surface area contributed by atoms with Gasteiger partial charge in [-0.3, -0.25) is 0 Å². The summed E-state index contributed by atoms with van der Waals surface area (Å²) in [5.74, 6) is 0. The molecule has 0 aromatic carbocycles. The van der Waals surface area contributed by atoms with Crippen molar-refractivity contribution in [3.8, 4) is 0 Å². The molecule has 86 valence electrons. The van der Waals surface area contributed by atoms with Crippen molar-refractivity contribution in [2.75, 3.05) is 26.3 Å². The van der Waals surface area contributed by atoms with Crippen LogP contribution < -0.4 is 0 Å². The van der Waals surface area contributed by atoms with E-state index in [0.29, 0.717) is 12.6 Å². The van der Waals surface area contributed by atoms with Crippen LogP contribution in [-0.2, 0) is 0 Å². The summed E-state index contributed by atoms with van der Waals surface area (Å²) in [6.45, 7) is 7.01. The maximum Gasteiger partial charge on any atom is 0.0443 e. The number of nitrogens with zero attached hydrogens (tertiary/aromatic N) is 1. The molecule has 0 saturated carbocycles. The third-order valence-electron chi connectivity index (χ3n) is 2.44. The van der Waals surface area contributed by atoms with Gasteiger partial charge in [-0.1, -0.05) is 0 Å². The van der Waals surface area contributed by atoms with Crippen LogP contribution in [0.1, 0.15) is 39.5 Å². The Labute approximate surface area is 87.7 Å².